The maximum absolute atomic E-state index is 12.7. The van der Waals surface area contributed by atoms with E-state index >= 15 is 0 Å². The van der Waals surface area contributed by atoms with Gasteiger partial charge in [-0.1, -0.05) is 23.7 Å². The van der Waals surface area contributed by atoms with Gasteiger partial charge >= 0.3 is 0 Å². The topological polar surface area (TPSA) is 71.3 Å². The molecule has 1 aromatic heterocycles. The third-order valence-electron chi connectivity index (χ3n) is 3.82. The summed E-state index contributed by atoms with van der Waals surface area (Å²) in [5, 5.41) is 6.74. The van der Waals surface area contributed by atoms with Gasteiger partial charge in [-0.3, -0.25) is 9.59 Å². The second kappa shape index (κ2) is 5.14. The summed E-state index contributed by atoms with van der Waals surface area (Å²) in [5.74, 6) is -0.241. The van der Waals surface area contributed by atoms with Gasteiger partial charge < -0.3 is 15.1 Å². The molecular formula is C17H11ClN2O3. The number of halogens is 1. The first-order valence-electron chi connectivity index (χ1n) is 7.01. The highest BCUT2D eigenvalue weighted by Gasteiger charge is 2.26. The monoisotopic (exact) mass is 326 g/mol. The molecule has 2 N–H and O–H groups in total. The zero-order chi connectivity index (χ0) is 16.0. The van der Waals surface area contributed by atoms with Crippen LogP contribution in [-0.2, 0) is 0 Å². The van der Waals surface area contributed by atoms with Crippen molar-refractivity contribution < 1.29 is 9.21 Å². The summed E-state index contributed by atoms with van der Waals surface area (Å²) in [5.41, 5.74) is 1.75. The predicted octanol–water partition coefficient (Wildman–Crippen LogP) is 3.30. The van der Waals surface area contributed by atoms with Crippen LogP contribution in [0.15, 0.2) is 57.9 Å². The van der Waals surface area contributed by atoms with Crippen LogP contribution in [0, 0.1) is 0 Å². The fraction of sp³-hybridized carbons (Fsp3) is 0.0588. The molecule has 2 heterocycles. The van der Waals surface area contributed by atoms with Crippen molar-refractivity contribution in [1.29, 1.82) is 0 Å². The SMILES string of the molecule is O=C1NC(c2coc3ccc(Cl)cc3c2=O)Nc2ccccc21. The molecule has 3 aromatic rings. The minimum Gasteiger partial charge on any atom is -0.464 e. The lowest BCUT2D eigenvalue weighted by atomic mass is 10.1. The molecule has 0 spiro atoms. The van der Waals surface area contributed by atoms with Gasteiger partial charge in [-0.05, 0) is 30.3 Å². The highest BCUT2D eigenvalue weighted by atomic mass is 35.5. The molecule has 0 saturated heterocycles. The molecule has 0 bridgehead atoms. The summed E-state index contributed by atoms with van der Waals surface area (Å²) in [6.45, 7) is 0. The van der Waals surface area contributed by atoms with E-state index in [2.05, 4.69) is 10.6 Å². The highest BCUT2D eigenvalue weighted by Crippen LogP contribution is 2.26. The average molecular weight is 327 g/mol. The number of carbonyl (C=O) groups excluding carboxylic acids is 1. The van der Waals surface area contributed by atoms with E-state index in [-0.39, 0.29) is 11.3 Å². The van der Waals surface area contributed by atoms with Gasteiger partial charge in [-0.2, -0.15) is 0 Å². The van der Waals surface area contributed by atoms with Crippen molar-refractivity contribution in [1.82, 2.24) is 5.32 Å². The van der Waals surface area contributed by atoms with Gasteiger partial charge in [0.2, 0.25) is 0 Å². The molecule has 1 aliphatic heterocycles. The molecule has 23 heavy (non-hydrogen) atoms. The molecule has 1 atom stereocenters. The lowest BCUT2D eigenvalue weighted by Gasteiger charge is -2.27. The molecule has 0 saturated carbocycles. The first-order chi connectivity index (χ1) is 11.1. The van der Waals surface area contributed by atoms with Crippen LogP contribution in [0.1, 0.15) is 22.1 Å². The summed E-state index contributed by atoms with van der Waals surface area (Å²) in [7, 11) is 0. The molecule has 2 aromatic carbocycles. The number of fused-ring (bicyclic) bond motifs is 2. The van der Waals surface area contributed by atoms with E-state index in [0.717, 1.165) is 0 Å². The Bertz CT molecular complexity index is 997. The fourth-order valence-corrected chi connectivity index (χ4v) is 2.85. The van der Waals surface area contributed by atoms with Crippen LogP contribution in [0.4, 0.5) is 5.69 Å². The molecule has 114 valence electrons. The van der Waals surface area contributed by atoms with Crippen molar-refractivity contribution in [3.05, 3.63) is 75.1 Å². The molecule has 0 aliphatic carbocycles. The number of para-hydroxylation sites is 1. The molecule has 0 fully saturated rings. The minimum atomic E-state index is -0.656. The number of carbonyl (C=O) groups is 1. The number of amides is 1. The van der Waals surface area contributed by atoms with Gasteiger partial charge in [-0.25, -0.2) is 0 Å². The minimum absolute atomic E-state index is 0.231. The second-order valence-corrected chi connectivity index (χ2v) is 5.69. The van der Waals surface area contributed by atoms with Crippen molar-refractivity contribution >= 4 is 34.2 Å². The number of anilines is 1. The van der Waals surface area contributed by atoms with Crippen molar-refractivity contribution in [3.63, 3.8) is 0 Å². The first kappa shape index (κ1) is 13.8. The summed E-state index contributed by atoms with van der Waals surface area (Å²) < 4.78 is 5.51. The molecule has 1 amide bonds. The lowest BCUT2D eigenvalue weighted by Crippen LogP contribution is -2.40. The van der Waals surface area contributed by atoms with E-state index in [1.54, 1.807) is 36.4 Å². The summed E-state index contributed by atoms with van der Waals surface area (Å²) in [4.78, 5) is 24.9. The van der Waals surface area contributed by atoms with Gasteiger partial charge in [0.05, 0.1) is 16.5 Å². The Morgan fingerprint density at radius 2 is 1.87 bits per heavy atom. The largest absolute Gasteiger partial charge is 0.464 e. The van der Waals surface area contributed by atoms with Gasteiger partial charge in [0, 0.05) is 10.7 Å². The van der Waals surface area contributed by atoms with E-state index in [1.165, 1.54) is 6.26 Å². The average Bonchev–Trinajstić information content (AvgIpc) is 2.56. The van der Waals surface area contributed by atoms with E-state index in [0.29, 0.717) is 32.8 Å². The van der Waals surface area contributed by atoms with E-state index < -0.39 is 6.17 Å². The molecule has 0 radical (unpaired) electrons. The summed E-state index contributed by atoms with van der Waals surface area (Å²) in [6.07, 6.45) is 0.710. The van der Waals surface area contributed by atoms with E-state index in [4.69, 9.17) is 16.0 Å². The van der Waals surface area contributed by atoms with Crippen LogP contribution in [0.3, 0.4) is 0 Å². The Labute approximate surface area is 135 Å². The number of hydrogen-bond acceptors (Lipinski definition) is 4. The first-order valence-corrected chi connectivity index (χ1v) is 7.39. The fourth-order valence-electron chi connectivity index (χ4n) is 2.68. The van der Waals surface area contributed by atoms with Crippen molar-refractivity contribution in [2.24, 2.45) is 0 Å². The maximum atomic E-state index is 12.7. The lowest BCUT2D eigenvalue weighted by molar-refractivity contribution is 0.0935. The van der Waals surface area contributed by atoms with Crippen molar-refractivity contribution in [3.8, 4) is 0 Å². The van der Waals surface area contributed by atoms with Crippen LogP contribution in [0.25, 0.3) is 11.0 Å². The number of benzene rings is 2. The molecule has 6 heteroatoms. The van der Waals surface area contributed by atoms with Crippen molar-refractivity contribution in [2.75, 3.05) is 5.32 Å². The highest BCUT2D eigenvalue weighted by molar-refractivity contribution is 6.31. The zero-order valence-electron chi connectivity index (χ0n) is 11.8. The van der Waals surface area contributed by atoms with E-state index in [9.17, 15) is 9.59 Å². The second-order valence-electron chi connectivity index (χ2n) is 5.26. The summed E-state index contributed by atoms with van der Waals surface area (Å²) >= 11 is 5.95. The molecule has 1 unspecified atom stereocenters. The van der Waals surface area contributed by atoms with Crippen LogP contribution in [0.5, 0.6) is 0 Å². The number of rotatable bonds is 1. The third-order valence-corrected chi connectivity index (χ3v) is 4.05. The Morgan fingerprint density at radius 1 is 1.04 bits per heavy atom. The molecule has 4 rings (SSSR count). The molecular weight excluding hydrogens is 316 g/mol. The van der Waals surface area contributed by atoms with Crippen LogP contribution in [-0.4, -0.2) is 5.91 Å². The van der Waals surface area contributed by atoms with Gasteiger partial charge in [-0.15, -0.1) is 0 Å². The van der Waals surface area contributed by atoms with Crippen LogP contribution >= 0.6 is 11.6 Å². The number of nitrogens with one attached hydrogen (secondary N) is 2. The quantitative estimate of drug-likeness (QED) is 0.719. The number of hydrogen-bond donors (Lipinski definition) is 2. The Morgan fingerprint density at radius 3 is 2.74 bits per heavy atom. The predicted molar refractivity (Wildman–Crippen MR) is 87.8 cm³/mol. The maximum Gasteiger partial charge on any atom is 0.255 e. The smallest absolute Gasteiger partial charge is 0.255 e. The summed E-state index contributed by atoms with van der Waals surface area (Å²) in [6, 6.07) is 12.0. The standard InChI is InChI=1S/C17H11ClN2O3/c18-9-5-6-14-11(7-9)15(21)12(8-23-14)16-19-13-4-2-1-3-10(13)17(22)20-16/h1-8,16,19H,(H,20,22). The van der Waals surface area contributed by atoms with Crippen LogP contribution in [0.2, 0.25) is 5.02 Å². The van der Waals surface area contributed by atoms with Gasteiger partial charge in [0.1, 0.15) is 18.0 Å². The third kappa shape index (κ3) is 2.26. The van der Waals surface area contributed by atoms with E-state index in [1.807, 2.05) is 6.07 Å². The Hall–Kier alpha value is -2.79. The Kier molecular flexibility index (Phi) is 3.09. The van der Waals surface area contributed by atoms with Crippen molar-refractivity contribution in [2.45, 2.75) is 6.17 Å². The zero-order valence-corrected chi connectivity index (χ0v) is 12.6. The van der Waals surface area contributed by atoms with Crippen LogP contribution < -0.4 is 16.1 Å². The van der Waals surface area contributed by atoms with Gasteiger partial charge in [0.15, 0.2) is 5.43 Å². The molecule has 1 aliphatic rings. The Balaban J connectivity index is 1.83. The van der Waals surface area contributed by atoms with Gasteiger partial charge in [0.25, 0.3) is 5.91 Å². The normalized spacial score (nSPS) is 16.6. The molecule has 5 nitrogen and oxygen atoms in total.